The second-order valence-electron chi connectivity index (χ2n) is 0.405. The van der Waals surface area contributed by atoms with Gasteiger partial charge in [-0.25, -0.2) is 0 Å². The van der Waals surface area contributed by atoms with Crippen molar-refractivity contribution in [2.75, 3.05) is 0 Å². The minimum atomic E-state index is -1.97. The van der Waals surface area contributed by atoms with E-state index in [4.69, 9.17) is 0 Å². The lowest BCUT2D eigenvalue weighted by atomic mass is 10.8. The molecule has 2 heteroatoms. The molecule has 0 saturated heterocycles. The maximum absolute atomic E-state index is 10.4. The first-order valence-electron chi connectivity index (χ1n) is 0.917. The molecule has 0 aromatic rings. The molecule has 0 N–H and O–H groups in total. The molecule has 0 aliphatic rings. The Bertz CT molecular complexity index is 50.4. The largest absolute Gasteiger partial charge is 0.381 e. The van der Waals surface area contributed by atoms with E-state index >= 15 is 0 Å². The van der Waals surface area contributed by atoms with E-state index in [1.165, 1.54) is 0 Å². The van der Waals surface area contributed by atoms with E-state index in [-0.39, 0.29) is 0 Å². The number of hydrogen-bond acceptors (Lipinski definition) is 0. The molecule has 0 heterocycles. The monoisotopic (exact) mass is 75.0 g/mol. The molecule has 0 spiro atoms. The standard InChI is InChI=1S/C3HF2/c1-2-3(4)5/h1H. The van der Waals surface area contributed by atoms with Crippen molar-refractivity contribution in [1.82, 2.24) is 0 Å². The predicted octanol–water partition coefficient (Wildman–Crippen LogP) is 1.05. The van der Waals surface area contributed by atoms with Crippen LogP contribution in [0.25, 0.3) is 0 Å². The van der Waals surface area contributed by atoms with Gasteiger partial charge in [0, 0.05) is 0 Å². The van der Waals surface area contributed by atoms with E-state index < -0.39 is 6.43 Å². The molecule has 1 radical (unpaired) electrons. The third kappa shape index (κ3) is 3.42. The molecule has 27 valence electrons. The zero-order valence-corrected chi connectivity index (χ0v) is 2.33. The van der Waals surface area contributed by atoms with Gasteiger partial charge in [-0.3, -0.25) is 0 Å². The summed E-state index contributed by atoms with van der Waals surface area (Å²) in [5.74, 6) is 1.11. The van der Waals surface area contributed by atoms with E-state index in [0.29, 0.717) is 0 Å². The quantitative estimate of drug-likeness (QED) is 0.377. The van der Waals surface area contributed by atoms with Crippen LogP contribution in [0.3, 0.4) is 0 Å². The van der Waals surface area contributed by atoms with Crippen molar-refractivity contribution in [3.63, 3.8) is 0 Å². The van der Waals surface area contributed by atoms with Crippen LogP contribution in [0.15, 0.2) is 0 Å². The van der Waals surface area contributed by atoms with E-state index in [1.807, 2.05) is 0 Å². The van der Waals surface area contributed by atoms with Crippen LogP contribution in [0.1, 0.15) is 0 Å². The Morgan fingerprint density at radius 1 is 1.60 bits per heavy atom. The van der Waals surface area contributed by atoms with Crippen LogP contribution in [-0.2, 0) is 0 Å². The highest BCUT2D eigenvalue weighted by molar-refractivity contribution is 5.00. The van der Waals surface area contributed by atoms with Crippen LogP contribution in [0, 0.1) is 18.8 Å². The van der Waals surface area contributed by atoms with E-state index in [9.17, 15) is 8.78 Å². The Kier molecular flexibility index (Phi) is 1.51. The highest BCUT2D eigenvalue weighted by Gasteiger charge is 1.91. The van der Waals surface area contributed by atoms with Crippen molar-refractivity contribution in [1.29, 1.82) is 0 Å². The smallest absolute Gasteiger partial charge is 0.184 e. The van der Waals surface area contributed by atoms with Gasteiger partial charge in [0.1, 0.15) is 0 Å². The summed E-state index contributed by atoms with van der Waals surface area (Å²) in [6.45, 7) is 0. The molecule has 0 aromatic carbocycles. The van der Waals surface area contributed by atoms with Crippen molar-refractivity contribution in [2.45, 2.75) is 0 Å². The van der Waals surface area contributed by atoms with Gasteiger partial charge in [0.2, 0.25) is 0 Å². The molecule has 0 aliphatic heterocycles. The molecule has 0 aromatic heterocycles. The van der Waals surface area contributed by atoms with Crippen molar-refractivity contribution < 1.29 is 8.78 Å². The fourth-order valence-corrected chi connectivity index (χ4v) is 0. The molecule has 0 saturated carbocycles. The second kappa shape index (κ2) is 1.71. The molecular weight excluding hydrogens is 74.0 g/mol. The Hall–Kier alpha value is -0.580. The average Bonchev–Trinajstić information content (AvgIpc) is 1.38. The fraction of sp³-hybridized carbons (Fsp3) is 0. The number of hydrogen-bond donors (Lipinski definition) is 0. The number of halogens is 2. The first kappa shape index (κ1) is 4.42. The van der Waals surface area contributed by atoms with Crippen LogP contribution < -0.4 is 0 Å². The highest BCUT2D eigenvalue weighted by Crippen LogP contribution is 1.95. The van der Waals surface area contributed by atoms with E-state index in [0.717, 1.165) is 5.92 Å². The second-order valence-corrected chi connectivity index (χ2v) is 0.405. The van der Waals surface area contributed by atoms with Gasteiger partial charge in [0.05, 0.1) is 0 Å². The maximum atomic E-state index is 10.4. The van der Waals surface area contributed by atoms with Crippen LogP contribution in [0.2, 0.25) is 0 Å². The third-order valence-corrected chi connectivity index (χ3v) is 0.109. The van der Waals surface area contributed by atoms with Gasteiger partial charge in [-0.2, -0.15) is 8.78 Å². The Morgan fingerprint density at radius 3 is 1.80 bits per heavy atom. The minimum absolute atomic E-state index is 1.11. The lowest BCUT2D eigenvalue weighted by Crippen LogP contribution is -1.61. The molecule has 0 amide bonds. The molecular formula is C3HF2. The molecule has 0 nitrogen and oxygen atoms in total. The summed E-state index contributed by atoms with van der Waals surface area (Å²) >= 11 is 0. The van der Waals surface area contributed by atoms with E-state index in [1.54, 1.807) is 0 Å². The Morgan fingerprint density at radius 2 is 1.80 bits per heavy atom. The van der Waals surface area contributed by atoms with E-state index in [2.05, 4.69) is 6.42 Å². The van der Waals surface area contributed by atoms with Gasteiger partial charge in [0.15, 0.2) is 0 Å². The predicted molar refractivity (Wildman–Crippen MR) is 14.3 cm³/mol. The summed E-state index contributed by atoms with van der Waals surface area (Å²) in [5.41, 5.74) is 0. The first-order valence-corrected chi connectivity index (χ1v) is 0.917. The zero-order chi connectivity index (χ0) is 4.28. The van der Waals surface area contributed by atoms with Gasteiger partial charge in [-0.15, -0.1) is 6.42 Å². The van der Waals surface area contributed by atoms with Crippen LogP contribution in [0.4, 0.5) is 8.78 Å². The Labute approximate surface area is 28.8 Å². The highest BCUT2D eigenvalue weighted by atomic mass is 19.3. The maximum Gasteiger partial charge on any atom is 0.381 e. The topological polar surface area (TPSA) is 0 Å². The third-order valence-electron chi connectivity index (χ3n) is 0.109. The minimum Gasteiger partial charge on any atom is -0.184 e. The molecule has 5 heavy (non-hydrogen) atoms. The van der Waals surface area contributed by atoms with Crippen molar-refractivity contribution in [3.05, 3.63) is 6.43 Å². The summed E-state index contributed by atoms with van der Waals surface area (Å²) in [6, 6.07) is 0. The van der Waals surface area contributed by atoms with Gasteiger partial charge in [0.25, 0.3) is 0 Å². The summed E-state index contributed by atoms with van der Waals surface area (Å²) in [5, 5.41) is 0. The van der Waals surface area contributed by atoms with Crippen LogP contribution >= 0.6 is 0 Å². The Balaban J connectivity index is 2.94. The number of terminal acetylenes is 1. The molecule has 0 atom stereocenters. The van der Waals surface area contributed by atoms with Gasteiger partial charge in [-0.05, 0) is 5.92 Å². The normalized spacial score (nSPS) is 7.60. The molecule has 0 aliphatic carbocycles. The van der Waals surface area contributed by atoms with Crippen molar-refractivity contribution >= 4 is 0 Å². The molecule has 0 rings (SSSR count). The van der Waals surface area contributed by atoms with Crippen molar-refractivity contribution in [3.8, 4) is 12.3 Å². The molecule has 0 bridgehead atoms. The molecule has 0 fully saturated rings. The SMILES string of the molecule is C#C[C](F)F. The summed E-state index contributed by atoms with van der Waals surface area (Å²) in [7, 11) is 0. The van der Waals surface area contributed by atoms with Crippen molar-refractivity contribution in [2.24, 2.45) is 0 Å². The summed E-state index contributed by atoms with van der Waals surface area (Å²) < 4.78 is 20.9. The first-order chi connectivity index (χ1) is 2.27. The zero-order valence-electron chi connectivity index (χ0n) is 2.33. The van der Waals surface area contributed by atoms with Gasteiger partial charge >= 0.3 is 6.43 Å². The lowest BCUT2D eigenvalue weighted by Gasteiger charge is -1.67. The van der Waals surface area contributed by atoms with Gasteiger partial charge in [-0.1, -0.05) is 0 Å². The lowest BCUT2D eigenvalue weighted by molar-refractivity contribution is 0.343. The summed E-state index contributed by atoms with van der Waals surface area (Å²) in [4.78, 5) is 0. The average molecular weight is 75.0 g/mol. The fourth-order valence-electron chi connectivity index (χ4n) is 0. The van der Waals surface area contributed by atoms with Gasteiger partial charge < -0.3 is 0 Å². The summed E-state index contributed by atoms with van der Waals surface area (Å²) in [6.07, 6.45) is 2.17. The van der Waals surface area contributed by atoms with Crippen LogP contribution in [0.5, 0.6) is 0 Å². The van der Waals surface area contributed by atoms with Crippen LogP contribution in [-0.4, -0.2) is 0 Å². The molecule has 0 unspecified atom stereocenters. The number of rotatable bonds is 0.